The molecule has 17 heavy (non-hydrogen) atoms. The maximum absolute atomic E-state index is 11.6. The van der Waals surface area contributed by atoms with Crippen molar-refractivity contribution in [1.82, 2.24) is 10.3 Å². The summed E-state index contributed by atoms with van der Waals surface area (Å²) in [6.07, 6.45) is 4.19. The molecule has 1 aliphatic carbocycles. The molecular weight excluding hydrogens is 222 g/mol. The van der Waals surface area contributed by atoms with Crippen LogP contribution in [0, 0.1) is 5.92 Å². The third kappa shape index (κ3) is 3.18. The van der Waals surface area contributed by atoms with Crippen LogP contribution < -0.4 is 5.73 Å². The lowest BCUT2D eigenvalue weighted by atomic mass is 9.89. The smallest absolute Gasteiger partial charge is 0.312 e. The number of rotatable bonds is 3. The van der Waals surface area contributed by atoms with Gasteiger partial charge in [-0.3, -0.25) is 4.79 Å². The predicted octanol–water partition coefficient (Wildman–Crippen LogP) is 1.32. The topological polar surface area (TPSA) is 91.2 Å². The molecule has 0 radical (unpaired) electrons. The van der Waals surface area contributed by atoms with Gasteiger partial charge in [-0.05, 0) is 36.8 Å². The molecule has 6 nitrogen and oxygen atoms in total. The molecule has 2 N–H and O–H groups in total. The monoisotopic (exact) mass is 239 g/mol. The van der Waals surface area contributed by atoms with Crippen LogP contribution in [0.2, 0.25) is 0 Å². The number of nitrogen functional groups attached to an aromatic ring is 1. The van der Waals surface area contributed by atoms with E-state index in [0.717, 1.165) is 31.6 Å². The number of carbonyl (C=O) groups is 1. The number of nitrogens with zero attached hydrogens (tertiary/aromatic N) is 2. The maximum Gasteiger partial charge on any atom is 0.312 e. The zero-order valence-corrected chi connectivity index (χ0v) is 9.89. The first-order valence-electron chi connectivity index (χ1n) is 5.91. The quantitative estimate of drug-likeness (QED) is 0.800. The minimum Gasteiger partial charge on any atom is -0.462 e. The number of ether oxygens (including phenoxy) is 1. The van der Waals surface area contributed by atoms with Crippen molar-refractivity contribution in [2.24, 2.45) is 5.92 Å². The molecule has 1 saturated carbocycles. The lowest BCUT2D eigenvalue weighted by Crippen LogP contribution is -2.24. The minimum absolute atomic E-state index is 0.0292. The van der Waals surface area contributed by atoms with Gasteiger partial charge in [0.25, 0.3) is 0 Å². The summed E-state index contributed by atoms with van der Waals surface area (Å²) in [5.74, 6) is 0.575. The normalized spacial score (nSPS) is 24.5. The summed E-state index contributed by atoms with van der Waals surface area (Å²) in [5, 5.41) is 6.96. The molecule has 6 heteroatoms. The Hall–Kier alpha value is -1.59. The van der Waals surface area contributed by atoms with Crippen molar-refractivity contribution in [3.05, 3.63) is 5.69 Å². The van der Waals surface area contributed by atoms with Crippen LogP contribution in [0.1, 0.15) is 38.3 Å². The van der Waals surface area contributed by atoms with Crippen molar-refractivity contribution in [2.45, 2.75) is 45.1 Å². The van der Waals surface area contributed by atoms with E-state index in [0.29, 0.717) is 5.69 Å². The highest BCUT2D eigenvalue weighted by atomic mass is 16.6. The summed E-state index contributed by atoms with van der Waals surface area (Å²) >= 11 is 0. The Morgan fingerprint density at radius 1 is 1.41 bits per heavy atom. The van der Waals surface area contributed by atoms with Gasteiger partial charge in [0, 0.05) is 0 Å². The molecule has 0 bridgehead atoms. The Kier molecular flexibility index (Phi) is 3.61. The van der Waals surface area contributed by atoms with Gasteiger partial charge in [-0.1, -0.05) is 12.1 Å². The number of esters is 1. The molecule has 0 unspecified atom stereocenters. The van der Waals surface area contributed by atoms with E-state index in [1.165, 1.54) is 0 Å². The van der Waals surface area contributed by atoms with Crippen LogP contribution >= 0.6 is 0 Å². The molecule has 0 atom stereocenters. The number of hydrogen-bond donors (Lipinski definition) is 1. The van der Waals surface area contributed by atoms with Gasteiger partial charge in [-0.2, -0.15) is 0 Å². The standard InChI is InChI=1S/C11H17N3O3/c1-7-2-4-8(5-3-7)16-10(15)6-9-11(12)14-17-13-9/h7-8H,2-6H2,1H3,(H2,12,14). The van der Waals surface area contributed by atoms with E-state index in [2.05, 4.69) is 21.9 Å². The summed E-state index contributed by atoms with van der Waals surface area (Å²) in [6, 6.07) is 0. The predicted molar refractivity (Wildman–Crippen MR) is 59.9 cm³/mol. The highest BCUT2D eigenvalue weighted by molar-refractivity contribution is 5.73. The molecule has 1 fully saturated rings. The molecule has 1 aromatic rings. The number of anilines is 1. The Bertz CT molecular complexity index is 383. The van der Waals surface area contributed by atoms with Gasteiger partial charge in [0.15, 0.2) is 5.82 Å². The third-order valence-corrected chi connectivity index (χ3v) is 3.16. The van der Waals surface area contributed by atoms with E-state index in [1.54, 1.807) is 0 Å². The molecule has 1 heterocycles. The maximum atomic E-state index is 11.6. The van der Waals surface area contributed by atoms with Crippen LogP contribution in [0.3, 0.4) is 0 Å². The second-order valence-corrected chi connectivity index (χ2v) is 4.64. The minimum atomic E-state index is -0.313. The summed E-state index contributed by atoms with van der Waals surface area (Å²) in [7, 11) is 0. The lowest BCUT2D eigenvalue weighted by molar-refractivity contribution is -0.150. The van der Waals surface area contributed by atoms with Crippen LogP contribution in [0.5, 0.6) is 0 Å². The fraction of sp³-hybridized carbons (Fsp3) is 0.727. The summed E-state index contributed by atoms with van der Waals surface area (Å²) in [5.41, 5.74) is 5.81. The Morgan fingerprint density at radius 2 is 2.12 bits per heavy atom. The van der Waals surface area contributed by atoms with Gasteiger partial charge in [-0.15, -0.1) is 0 Å². The van der Waals surface area contributed by atoms with Gasteiger partial charge in [0.05, 0.1) is 6.42 Å². The summed E-state index contributed by atoms with van der Waals surface area (Å²) < 4.78 is 9.78. The largest absolute Gasteiger partial charge is 0.462 e. The summed E-state index contributed by atoms with van der Waals surface area (Å²) in [6.45, 7) is 2.22. The molecule has 1 aromatic heterocycles. The van der Waals surface area contributed by atoms with Crippen LogP contribution in [-0.4, -0.2) is 22.4 Å². The number of carbonyl (C=O) groups excluding carboxylic acids is 1. The van der Waals surface area contributed by atoms with Crippen molar-refractivity contribution in [2.75, 3.05) is 5.73 Å². The molecule has 1 aliphatic rings. The first-order valence-corrected chi connectivity index (χ1v) is 5.91. The first kappa shape index (κ1) is 11.9. The van der Waals surface area contributed by atoms with Crippen LogP contribution in [0.25, 0.3) is 0 Å². The van der Waals surface area contributed by atoms with Crippen LogP contribution in [0.4, 0.5) is 5.82 Å². The SMILES string of the molecule is CC1CCC(OC(=O)Cc2nonc2N)CC1. The van der Waals surface area contributed by atoms with Crippen molar-refractivity contribution in [3.63, 3.8) is 0 Å². The van der Waals surface area contributed by atoms with Crippen molar-refractivity contribution >= 4 is 11.8 Å². The number of hydrogen-bond acceptors (Lipinski definition) is 6. The molecule has 0 aliphatic heterocycles. The van der Waals surface area contributed by atoms with Crippen molar-refractivity contribution < 1.29 is 14.2 Å². The zero-order valence-electron chi connectivity index (χ0n) is 9.89. The second kappa shape index (κ2) is 5.16. The molecule has 0 amide bonds. The average Bonchev–Trinajstić information content (AvgIpc) is 2.68. The van der Waals surface area contributed by atoms with Gasteiger partial charge in [0.1, 0.15) is 11.8 Å². The fourth-order valence-electron chi connectivity index (χ4n) is 2.05. The van der Waals surface area contributed by atoms with E-state index < -0.39 is 0 Å². The molecule has 0 spiro atoms. The Labute approximate surface area is 99.5 Å². The Morgan fingerprint density at radius 3 is 2.71 bits per heavy atom. The average molecular weight is 239 g/mol. The highest BCUT2D eigenvalue weighted by Gasteiger charge is 2.22. The number of aromatic nitrogens is 2. The summed E-state index contributed by atoms with van der Waals surface area (Å²) in [4.78, 5) is 11.6. The van der Waals surface area contributed by atoms with Gasteiger partial charge in [-0.25, -0.2) is 4.63 Å². The second-order valence-electron chi connectivity index (χ2n) is 4.64. The molecular formula is C11H17N3O3. The molecule has 2 rings (SSSR count). The van der Waals surface area contributed by atoms with Gasteiger partial charge in [0.2, 0.25) is 0 Å². The van der Waals surface area contributed by atoms with E-state index in [4.69, 9.17) is 10.5 Å². The Balaban J connectivity index is 1.80. The van der Waals surface area contributed by atoms with E-state index in [1.807, 2.05) is 0 Å². The lowest BCUT2D eigenvalue weighted by Gasteiger charge is -2.25. The molecule has 94 valence electrons. The highest BCUT2D eigenvalue weighted by Crippen LogP contribution is 2.25. The first-order chi connectivity index (χ1) is 8.15. The molecule has 0 aromatic carbocycles. The fourth-order valence-corrected chi connectivity index (χ4v) is 2.05. The molecule has 0 saturated heterocycles. The zero-order chi connectivity index (χ0) is 12.3. The van der Waals surface area contributed by atoms with Crippen molar-refractivity contribution in [1.29, 1.82) is 0 Å². The van der Waals surface area contributed by atoms with Crippen molar-refractivity contribution in [3.8, 4) is 0 Å². The number of nitrogens with two attached hydrogens (primary N) is 1. The van der Waals surface area contributed by atoms with Crippen LogP contribution in [-0.2, 0) is 16.0 Å². The van der Waals surface area contributed by atoms with E-state index >= 15 is 0 Å². The third-order valence-electron chi connectivity index (χ3n) is 3.16. The van der Waals surface area contributed by atoms with Gasteiger partial charge >= 0.3 is 5.97 Å². The van der Waals surface area contributed by atoms with E-state index in [9.17, 15) is 4.79 Å². The van der Waals surface area contributed by atoms with E-state index in [-0.39, 0.29) is 24.3 Å². The van der Waals surface area contributed by atoms with Crippen LogP contribution in [0.15, 0.2) is 4.63 Å². The van der Waals surface area contributed by atoms with Gasteiger partial charge < -0.3 is 10.5 Å².